The number of halogens is 1. The molecule has 0 amide bonds. The third-order valence-corrected chi connectivity index (χ3v) is 14.3. The van der Waals surface area contributed by atoms with Crippen LogP contribution in [-0.4, -0.2) is 23.2 Å². The molecule has 8 aromatic rings. The molecule has 0 N–H and O–H groups in total. The smallest absolute Gasteiger partial charge is 0 e. The number of pyridine rings is 2. The van der Waals surface area contributed by atoms with Crippen molar-refractivity contribution in [3.63, 3.8) is 0 Å². The molecule has 56 heavy (non-hydrogen) atoms. The number of hydrogen-bond acceptors (Lipinski definition) is 3. The molecule has 6 heteroatoms. The van der Waals surface area contributed by atoms with Gasteiger partial charge < -0.3 is 9.40 Å². The molecule has 0 saturated heterocycles. The molecule has 0 saturated carbocycles. The number of aromatic nitrogens is 2. The van der Waals surface area contributed by atoms with Gasteiger partial charge in [-0.3, -0.25) is 0 Å². The van der Waals surface area contributed by atoms with E-state index in [9.17, 15) is 4.39 Å². The number of fused-ring (bicyclic) bond motifs is 3. The molecule has 1 radical (unpaired) electrons. The summed E-state index contributed by atoms with van der Waals surface area (Å²) in [6.07, 6.45) is 3.72. The van der Waals surface area contributed by atoms with Crippen molar-refractivity contribution in [1.29, 1.82) is 0 Å². The van der Waals surface area contributed by atoms with Gasteiger partial charge in [0.15, 0.2) is 0 Å². The molecule has 3 heterocycles. The molecule has 3 nitrogen and oxygen atoms in total. The van der Waals surface area contributed by atoms with E-state index in [1.807, 2.05) is 60.9 Å². The number of rotatable bonds is 6. The summed E-state index contributed by atoms with van der Waals surface area (Å²) in [5.74, 6) is 6.80. The average molecular weight is 976 g/mol. The van der Waals surface area contributed by atoms with Crippen molar-refractivity contribution in [1.82, 2.24) is 9.97 Å². The normalized spacial score (nSPS) is 11.7. The minimum absolute atomic E-state index is 0. The van der Waals surface area contributed by atoms with Crippen molar-refractivity contribution < 1.29 is 28.9 Å². The first-order valence-electron chi connectivity index (χ1n) is 18.9. The van der Waals surface area contributed by atoms with Crippen LogP contribution in [0.2, 0.25) is 17.3 Å². The zero-order valence-electron chi connectivity index (χ0n) is 33.3. The Morgan fingerprint density at radius 3 is 1.93 bits per heavy atom. The largest absolute Gasteiger partial charge is 0 e. The molecule has 0 atom stereocenters. The van der Waals surface area contributed by atoms with Gasteiger partial charge in [0.25, 0.3) is 0 Å². The first-order valence-corrected chi connectivity index (χ1v) is 26.3. The van der Waals surface area contributed by atoms with Crippen LogP contribution in [0.25, 0.3) is 66.7 Å². The SMILES string of the molecule is CC(C)c1cc(-c2ccccc2)cc2c1oc1cc(-c3cc(C(C)(C)C)ccn3)[c-]cc12.[CH3][Ge]([CH3])([CH3])[c]1cnc(-c2[c-]cc(-c3ccccc3)cc2)c(F)c1.[Ir]. The molecule has 0 aliphatic heterocycles. The van der Waals surface area contributed by atoms with E-state index < -0.39 is 13.3 Å². The topological polar surface area (TPSA) is 38.9 Å². The fourth-order valence-corrected chi connectivity index (χ4v) is 8.81. The molecule has 285 valence electrons. The van der Waals surface area contributed by atoms with Gasteiger partial charge in [0.05, 0.1) is 5.58 Å². The second-order valence-electron chi connectivity index (χ2n) is 16.5. The molecule has 0 aliphatic carbocycles. The van der Waals surface area contributed by atoms with Gasteiger partial charge in [0, 0.05) is 26.3 Å². The summed E-state index contributed by atoms with van der Waals surface area (Å²) in [4.78, 5) is 8.97. The average Bonchev–Trinajstić information content (AvgIpc) is 3.56. The Morgan fingerprint density at radius 1 is 0.679 bits per heavy atom. The molecule has 5 aromatic carbocycles. The van der Waals surface area contributed by atoms with Gasteiger partial charge in [-0.1, -0.05) is 88.5 Å². The van der Waals surface area contributed by atoms with E-state index in [4.69, 9.17) is 4.42 Å². The third kappa shape index (κ3) is 8.97. The monoisotopic (exact) mass is 977 g/mol. The third-order valence-electron chi connectivity index (χ3n) is 10.0. The molecule has 0 spiro atoms. The fourth-order valence-electron chi connectivity index (χ4n) is 6.69. The Kier molecular flexibility index (Phi) is 12.3. The van der Waals surface area contributed by atoms with Gasteiger partial charge in [-0.25, -0.2) is 0 Å². The molecular weight excluding hydrogens is 928 g/mol. The van der Waals surface area contributed by atoms with E-state index in [-0.39, 0.29) is 31.3 Å². The van der Waals surface area contributed by atoms with E-state index in [1.165, 1.54) is 22.3 Å². The first-order chi connectivity index (χ1) is 26.3. The Labute approximate surface area is 347 Å². The van der Waals surface area contributed by atoms with Crippen molar-refractivity contribution in [3.8, 4) is 44.8 Å². The number of nitrogens with zero attached hydrogens (tertiary/aromatic N) is 2. The van der Waals surface area contributed by atoms with E-state index in [0.717, 1.165) is 48.7 Å². The standard InChI is InChI=1S/C30H28NO.C20H19FGeN.Ir/c1-19(2)25-15-22(20-9-7-6-8-10-20)16-26-24-12-11-21(17-28(24)32-29(25)26)27-18-23(13-14-31-27)30(3,4)5;1-22(2,3)18-13-19(21)20(23-14-18)17-11-9-16(10-12-17)15-7-5-4-6-8-15;/h6-10,12-19H,1-5H3;4-11,13-14H,1-3H3;/q2*-1;. The van der Waals surface area contributed by atoms with Gasteiger partial charge in [0.1, 0.15) is 5.58 Å². The number of benzene rings is 5. The van der Waals surface area contributed by atoms with E-state index in [1.54, 1.807) is 6.07 Å². The summed E-state index contributed by atoms with van der Waals surface area (Å²) >= 11 is -2.06. The van der Waals surface area contributed by atoms with Crippen molar-refractivity contribution in [2.75, 3.05) is 0 Å². The van der Waals surface area contributed by atoms with Crippen LogP contribution >= 0.6 is 0 Å². The van der Waals surface area contributed by atoms with Crippen molar-refractivity contribution in [3.05, 3.63) is 163 Å². The number of hydrogen-bond donors (Lipinski definition) is 0. The maximum Gasteiger partial charge on any atom is 0 e. The van der Waals surface area contributed by atoms with E-state index in [2.05, 4.69) is 141 Å². The van der Waals surface area contributed by atoms with Crippen LogP contribution in [0.3, 0.4) is 0 Å². The van der Waals surface area contributed by atoms with Gasteiger partial charge in [-0.05, 0) is 56.8 Å². The molecule has 8 rings (SSSR count). The van der Waals surface area contributed by atoms with E-state index >= 15 is 0 Å². The summed E-state index contributed by atoms with van der Waals surface area (Å²) in [6, 6.07) is 47.6. The summed E-state index contributed by atoms with van der Waals surface area (Å²) in [5.41, 5.74) is 12.0. The van der Waals surface area contributed by atoms with Crippen LogP contribution < -0.4 is 4.40 Å². The van der Waals surface area contributed by atoms with Crippen molar-refractivity contribution in [2.45, 2.75) is 63.2 Å². The first kappa shape index (κ1) is 41.0. The number of furan rings is 1. The van der Waals surface area contributed by atoms with Crippen LogP contribution in [0.1, 0.15) is 51.7 Å². The van der Waals surface area contributed by atoms with Crippen molar-refractivity contribution >= 4 is 39.6 Å². The van der Waals surface area contributed by atoms with Crippen LogP contribution in [0.4, 0.5) is 4.39 Å². The fraction of sp³-hybridized carbons (Fsp3) is 0.200. The zero-order valence-corrected chi connectivity index (χ0v) is 37.8. The van der Waals surface area contributed by atoms with Gasteiger partial charge in [-0.2, -0.15) is 0 Å². The molecule has 0 unspecified atom stereocenters. The summed E-state index contributed by atoms with van der Waals surface area (Å²) < 4.78 is 22.0. The summed E-state index contributed by atoms with van der Waals surface area (Å²) in [6.45, 7) is 11.1. The predicted molar refractivity (Wildman–Crippen MR) is 231 cm³/mol. The van der Waals surface area contributed by atoms with Crippen LogP contribution in [0.5, 0.6) is 0 Å². The minimum Gasteiger partial charge on any atom is 0 e. The summed E-state index contributed by atoms with van der Waals surface area (Å²) in [5, 5.41) is 2.24. The molecule has 0 bridgehead atoms. The molecular formula is C50H47FGeIrN2O-2. The van der Waals surface area contributed by atoms with E-state index in [0.29, 0.717) is 17.2 Å². The van der Waals surface area contributed by atoms with Crippen LogP contribution in [0, 0.1) is 17.9 Å². The van der Waals surface area contributed by atoms with Crippen LogP contribution in [0.15, 0.2) is 138 Å². The van der Waals surface area contributed by atoms with Gasteiger partial charge >= 0.3 is 139 Å². The Morgan fingerprint density at radius 2 is 1.34 bits per heavy atom. The Hall–Kier alpha value is -4.68. The molecule has 3 aromatic heterocycles. The Balaban J connectivity index is 0.000000197. The zero-order chi connectivity index (χ0) is 38.9. The Bertz CT molecular complexity index is 2590. The maximum absolute atomic E-state index is 14.4. The summed E-state index contributed by atoms with van der Waals surface area (Å²) in [7, 11) is 0. The predicted octanol–water partition coefficient (Wildman–Crippen LogP) is 13.4. The molecule has 0 fully saturated rings. The van der Waals surface area contributed by atoms with Crippen molar-refractivity contribution in [2.24, 2.45) is 0 Å². The molecule has 0 aliphatic rings. The second kappa shape index (κ2) is 16.8. The minimum atomic E-state index is -2.06. The second-order valence-corrected chi connectivity index (χ2v) is 27.2. The van der Waals surface area contributed by atoms with Gasteiger partial charge in [-0.15, -0.1) is 17.7 Å². The van der Waals surface area contributed by atoms with Crippen LogP contribution in [-0.2, 0) is 25.5 Å². The quantitative estimate of drug-likeness (QED) is 0.123. The maximum atomic E-state index is 14.4. The van der Waals surface area contributed by atoms with Gasteiger partial charge in [0.2, 0.25) is 0 Å².